The number of likely N-dealkylation sites (tertiary alicyclic amines) is 1. The number of rotatable bonds is 7. The van der Waals surface area contributed by atoms with Gasteiger partial charge in [0.25, 0.3) is 0 Å². The highest BCUT2D eigenvalue weighted by Crippen LogP contribution is 2.28. The molecule has 0 spiro atoms. The molecule has 1 heterocycles. The van der Waals surface area contributed by atoms with Gasteiger partial charge in [-0.1, -0.05) is 33.1 Å². The van der Waals surface area contributed by atoms with Crippen molar-refractivity contribution in [1.82, 2.24) is 10.2 Å². The van der Waals surface area contributed by atoms with E-state index in [-0.39, 0.29) is 5.54 Å². The molecule has 1 N–H and O–H groups in total. The van der Waals surface area contributed by atoms with E-state index in [2.05, 4.69) is 45.0 Å². The number of hydrogen-bond donors (Lipinski definition) is 1. The van der Waals surface area contributed by atoms with Gasteiger partial charge in [0.05, 0.1) is 0 Å². The summed E-state index contributed by atoms with van der Waals surface area (Å²) in [5.41, 5.74) is 0.289. The Morgan fingerprint density at radius 1 is 1.17 bits per heavy atom. The first-order chi connectivity index (χ1) is 8.52. The van der Waals surface area contributed by atoms with E-state index < -0.39 is 0 Å². The molecule has 0 bridgehead atoms. The van der Waals surface area contributed by atoms with Crippen LogP contribution in [0.2, 0.25) is 0 Å². The molecular weight excluding hydrogens is 220 g/mol. The molecule has 1 aliphatic rings. The van der Waals surface area contributed by atoms with Crippen LogP contribution < -0.4 is 5.32 Å². The molecule has 0 aromatic carbocycles. The lowest BCUT2D eigenvalue weighted by molar-refractivity contribution is 0.0554. The SMILES string of the molecule is CCCC(C)CC(NC)C(C)(C)N1CCCCC1. The van der Waals surface area contributed by atoms with E-state index in [0.29, 0.717) is 6.04 Å². The second-order valence-electron chi connectivity index (χ2n) is 6.67. The molecule has 1 rings (SSSR count). The van der Waals surface area contributed by atoms with Gasteiger partial charge in [0.15, 0.2) is 0 Å². The first-order valence-electron chi connectivity index (χ1n) is 7.94. The van der Waals surface area contributed by atoms with Gasteiger partial charge in [0.1, 0.15) is 0 Å². The molecule has 2 heteroatoms. The second-order valence-corrected chi connectivity index (χ2v) is 6.67. The van der Waals surface area contributed by atoms with Gasteiger partial charge in [-0.3, -0.25) is 4.90 Å². The summed E-state index contributed by atoms with van der Waals surface area (Å²) in [7, 11) is 2.13. The smallest absolute Gasteiger partial charge is 0.0306 e. The minimum Gasteiger partial charge on any atom is -0.315 e. The number of nitrogens with one attached hydrogen (secondary N) is 1. The summed E-state index contributed by atoms with van der Waals surface area (Å²) in [6.07, 6.45) is 8.14. The maximum atomic E-state index is 3.59. The van der Waals surface area contributed by atoms with E-state index in [1.165, 1.54) is 51.6 Å². The highest BCUT2D eigenvalue weighted by Gasteiger charge is 2.35. The lowest BCUT2D eigenvalue weighted by atomic mass is 9.83. The summed E-state index contributed by atoms with van der Waals surface area (Å²) >= 11 is 0. The van der Waals surface area contributed by atoms with Gasteiger partial charge in [-0.2, -0.15) is 0 Å². The van der Waals surface area contributed by atoms with Crippen LogP contribution in [0, 0.1) is 5.92 Å². The molecule has 2 unspecified atom stereocenters. The van der Waals surface area contributed by atoms with Crippen molar-refractivity contribution < 1.29 is 0 Å². The first-order valence-corrected chi connectivity index (χ1v) is 7.94. The average Bonchev–Trinajstić information content (AvgIpc) is 2.37. The average molecular weight is 254 g/mol. The molecule has 18 heavy (non-hydrogen) atoms. The Balaban J connectivity index is 2.59. The van der Waals surface area contributed by atoms with Crippen molar-refractivity contribution in [2.75, 3.05) is 20.1 Å². The van der Waals surface area contributed by atoms with Crippen LogP contribution in [0.4, 0.5) is 0 Å². The summed E-state index contributed by atoms with van der Waals surface area (Å²) in [5, 5.41) is 3.59. The Morgan fingerprint density at radius 2 is 1.78 bits per heavy atom. The van der Waals surface area contributed by atoms with Gasteiger partial charge < -0.3 is 5.32 Å². The fourth-order valence-electron chi connectivity index (χ4n) is 3.46. The standard InChI is InChI=1S/C16H34N2/c1-6-10-14(2)13-15(17-5)16(3,4)18-11-8-7-9-12-18/h14-15,17H,6-13H2,1-5H3. The van der Waals surface area contributed by atoms with Crippen LogP contribution in [0.15, 0.2) is 0 Å². The van der Waals surface area contributed by atoms with E-state index in [1.54, 1.807) is 0 Å². The van der Waals surface area contributed by atoms with Crippen molar-refractivity contribution in [3.63, 3.8) is 0 Å². The molecule has 1 fully saturated rings. The summed E-state index contributed by atoms with van der Waals surface area (Å²) in [4.78, 5) is 2.70. The number of likely N-dealkylation sites (N-methyl/N-ethyl adjacent to an activating group) is 1. The summed E-state index contributed by atoms with van der Waals surface area (Å²) in [5.74, 6) is 0.830. The van der Waals surface area contributed by atoms with Crippen LogP contribution in [0.3, 0.4) is 0 Å². The van der Waals surface area contributed by atoms with E-state index in [9.17, 15) is 0 Å². The van der Waals surface area contributed by atoms with E-state index >= 15 is 0 Å². The van der Waals surface area contributed by atoms with Crippen LogP contribution in [-0.2, 0) is 0 Å². The van der Waals surface area contributed by atoms with Crippen molar-refractivity contribution in [2.24, 2.45) is 5.92 Å². The Hall–Kier alpha value is -0.0800. The van der Waals surface area contributed by atoms with Crippen molar-refractivity contribution in [3.8, 4) is 0 Å². The van der Waals surface area contributed by atoms with Gasteiger partial charge >= 0.3 is 0 Å². The van der Waals surface area contributed by atoms with Crippen molar-refractivity contribution in [2.45, 2.75) is 77.8 Å². The molecule has 2 atom stereocenters. The van der Waals surface area contributed by atoms with Crippen LogP contribution in [0.1, 0.15) is 66.2 Å². The number of piperidine rings is 1. The van der Waals surface area contributed by atoms with Crippen LogP contribution in [0.5, 0.6) is 0 Å². The van der Waals surface area contributed by atoms with E-state index in [0.717, 1.165) is 5.92 Å². The van der Waals surface area contributed by atoms with Gasteiger partial charge in [-0.25, -0.2) is 0 Å². The lowest BCUT2D eigenvalue weighted by Gasteiger charge is -2.46. The number of hydrogen-bond acceptors (Lipinski definition) is 2. The predicted molar refractivity (Wildman–Crippen MR) is 81.0 cm³/mol. The third kappa shape index (κ3) is 4.24. The van der Waals surface area contributed by atoms with E-state index in [1.807, 2.05) is 0 Å². The quantitative estimate of drug-likeness (QED) is 0.746. The van der Waals surface area contributed by atoms with Crippen LogP contribution in [-0.4, -0.2) is 36.6 Å². The highest BCUT2D eigenvalue weighted by molar-refractivity contribution is 4.94. The fraction of sp³-hybridized carbons (Fsp3) is 1.00. The second kappa shape index (κ2) is 7.49. The molecule has 0 saturated carbocycles. The summed E-state index contributed by atoms with van der Waals surface area (Å²) < 4.78 is 0. The normalized spacial score (nSPS) is 21.8. The van der Waals surface area contributed by atoms with Crippen LogP contribution >= 0.6 is 0 Å². The van der Waals surface area contributed by atoms with Crippen molar-refractivity contribution in [3.05, 3.63) is 0 Å². The third-order valence-electron chi connectivity index (χ3n) is 4.79. The van der Waals surface area contributed by atoms with Gasteiger partial charge in [-0.05, 0) is 59.2 Å². The van der Waals surface area contributed by atoms with Crippen molar-refractivity contribution in [1.29, 1.82) is 0 Å². The Kier molecular flexibility index (Phi) is 6.65. The predicted octanol–water partition coefficient (Wildman–Crippen LogP) is 3.67. The van der Waals surface area contributed by atoms with Crippen molar-refractivity contribution >= 4 is 0 Å². The molecule has 0 radical (unpaired) electrons. The zero-order valence-corrected chi connectivity index (χ0v) is 13.3. The molecular formula is C16H34N2. The Morgan fingerprint density at radius 3 is 2.28 bits per heavy atom. The first kappa shape index (κ1) is 16.0. The number of nitrogens with zero attached hydrogens (tertiary/aromatic N) is 1. The zero-order chi connectivity index (χ0) is 13.6. The molecule has 0 amide bonds. The Labute approximate surface area is 115 Å². The van der Waals surface area contributed by atoms with Gasteiger partial charge in [0, 0.05) is 11.6 Å². The molecule has 1 saturated heterocycles. The highest BCUT2D eigenvalue weighted by atomic mass is 15.2. The lowest BCUT2D eigenvalue weighted by Crippen LogP contribution is -2.58. The van der Waals surface area contributed by atoms with Gasteiger partial charge in [-0.15, -0.1) is 0 Å². The summed E-state index contributed by atoms with van der Waals surface area (Å²) in [6, 6.07) is 0.608. The largest absolute Gasteiger partial charge is 0.315 e. The zero-order valence-electron chi connectivity index (χ0n) is 13.3. The third-order valence-corrected chi connectivity index (χ3v) is 4.79. The monoisotopic (exact) mass is 254 g/mol. The topological polar surface area (TPSA) is 15.3 Å². The van der Waals surface area contributed by atoms with E-state index in [4.69, 9.17) is 0 Å². The maximum Gasteiger partial charge on any atom is 0.0306 e. The minimum absolute atomic E-state index is 0.289. The van der Waals surface area contributed by atoms with Gasteiger partial charge in [0.2, 0.25) is 0 Å². The molecule has 0 aliphatic carbocycles. The summed E-state index contributed by atoms with van der Waals surface area (Å²) in [6.45, 7) is 12.1. The van der Waals surface area contributed by atoms with Crippen LogP contribution in [0.25, 0.3) is 0 Å². The molecule has 2 nitrogen and oxygen atoms in total. The Bertz CT molecular complexity index is 219. The fourth-order valence-corrected chi connectivity index (χ4v) is 3.46. The molecule has 1 aliphatic heterocycles. The maximum absolute atomic E-state index is 3.59. The molecule has 0 aromatic heterocycles. The molecule has 0 aromatic rings. The minimum atomic E-state index is 0.289. The molecule has 108 valence electrons.